The molecule has 5 nitrogen and oxygen atoms in total. The van der Waals surface area contributed by atoms with Gasteiger partial charge in [0, 0.05) is 13.1 Å². The summed E-state index contributed by atoms with van der Waals surface area (Å²) in [7, 11) is 4.08. The largest absolute Gasteiger partial charge is 0.477 e. The fraction of sp³-hybridized carbons (Fsp3) is 0.600. The molecule has 0 saturated heterocycles. The third kappa shape index (κ3) is 4.71. The smallest absolute Gasteiger partial charge is 0.232 e. The van der Waals surface area contributed by atoms with Crippen molar-refractivity contribution < 1.29 is 4.74 Å². The molecule has 15 heavy (non-hydrogen) atoms. The molecule has 0 radical (unpaired) electrons. The second kappa shape index (κ2) is 6.31. The Bertz CT molecular complexity index is 273. The average Bonchev–Trinajstić information content (AvgIpc) is 2.25. The molecule has 0 aliphatic heterocycles. The highest BCUT2D eigenvalue weighted by Gasteiger charge is 1.97. The molecule has 1 aromatic heterocycles. The van der Waals surface area contributed by atoms with E-state index in [0.717, 1.165) is 18.7 Å². The van der Waals surface area contributed by atoms with Gasteiger partial charge in [-0.2, -0.15) is 0 Å². The standard InChI is InChI=1S/C10H18N4O/c1-14(2)4-3-5-15-10-8-12-9(6-11)7-13-10/h7-8H,3-6,11H2,1-2H3. The summed E-state index contributed by atoms with van der Waals surface area (Å²) in [6.07, 6.45) is 4.23. The SMILES string of the molecule is CN(C)CCCOc1cnc(CN)cn1. The van der Waals surface area contributed by atoms with Gasteiger partial charge in [0.05, 0.1) is 24.7 Å². The molecular formula is C10H18N4O. The summed E-state index contributed by atoms with van der Waals surface area (Å²) in [4.78, 5) is 10.3. The summed E-state index contributed by atoms with van der Waals surface area (Å²) in [6.45, 7) is 2.08. The fourth-order valence-corrected chi connectivity index (χ4v) is 1.08. The number of rotatable bonds is 6. The number of aromatic nitrogens is 2. The van der Waals surface area contributed by atoms with E-state index in [1.165, 1.54) is 0 Å². The number of nitrogens with two attached hydrogens (primary N) is 1. The lowest BCUT2D eigenvalue weighted by atomic mass is 10.4. The van der Waals surface area contributed by atoms with Crippen molar-refractivity contribution in [3.8, 4) is 5.88 Å². The molecule has 0 aliphatic rings. The van der Waals surface area contributed by atoms with E-state index in [2.05, 4.69) is 14.9 Å². The van der Waals surface area contributed by atoms with E-state index in [9.17, 15) is 0 Å². The molecule has 1 rings (SSSR count). The van der Waals surface area contributed by atoms with Gasteiger partial charge in [0.1, 0.15) is 0 Å². The van der Waals surface area contributed by atoms with Crippen molar-refractivity contribution in [2.75, 3.05) is 27.2 Å². The van der Waals surface area contributed by atoms with Gasteiger partial charge in [0.2, 0.25) is 5.88 Å². The predicted molar refractivity (Wildman–Crippen MR) is 58.6 cm³/mol. The first-order valence-corrected chi connectivity index (χ1v) is 5.01. The summed E-state index contributed by atoms with van der Waals surface area (Å²) in [5.41, 5.74) is 6.18. The summed E-state index contributed by atoms with van der Waals surface area (Å²) < 4.78 is 5.41. The Kier molecular flexibility index (Phi) is 5.00. The highest BCUT2D eigenvalue weighted by atomic mass is 16.5. The molecule has 5 heteroatoms. The normalized spacial score (nSPS) is 10.7. The molecular weight excluding hydrogens is 192 g/mol. The minimum absolute atomic E-state index is 0.411. The van der Waals surface area contributed by atoms with Gasteiger partial charge in [0.25, 0.3) is 0 Å². The maximum Gasteiger partial charge on any atom is 0.232 e. The summed E-state index contributed by atoms with van der Waals surface area (Å²) in [5.74, 6) is 0.561. The molecule has 0 amide bonds. The zero-order chi connectivity index (χ0) is 11.1. The quantitative estimate of drug-likeness (QED) is 0.683. The van der Waals surface area contributed by atoms with Crippen LogP contribution in [0.1, 0.15) is 12.1 Å². The second-order valence-corrected chi connectivity index (χ2v) is 3.56. The van der Waals surface area contributed by atoms with Crippen LogP contribution in [0.5, 0.6) is 5.88 Å². The van der Waals surface area contributed by atoms with Crippen molar-refractivity contribution in [1.82, 2.24) is 14.9 Å². The topological polar surface area (TPSA) is 64.3 Å². The molecule has 1 aromatic rings. The molecule has 1 heterocycles. The summed E-state index contributed by atoms with van der Waals surface area (Å²) in [6, 6.07) is 0. The zero-order valence-corrected chi connectivity index (χ0v) is 9.31. The minimum atomic E-state index is 0.411. The van der Waals surface area contributed by atoms with E-state index < -0.39 is 0 Å². The van der Waals surface area contributed by atoms with Gasteiger partial charge in [-0.15, -0.1) is 0 Å². The first-order valence-electron chi connectivity index (χ1n) is 5.01. The Balaban J connectivity index is 2.25. The maximum absolute atomic E-state index is 5.41. The number of hydrogen-bond acceptors (Lipinski definition) is 5. The van der Waals surface area contributed by atoms with Crippen molar-refractivity contribution in [1.29, 1.82) is 0 Å². The second-order valence-electron chi connectivity index (χ2n) is 3.56. The van der Waals surface area contributed by atoms with E-state index in [1.807, 2.05) is 14.1 Å². The van der Waals surface area contributed by atoms with Crippen LogP contribution in [0.3, 0.4) is 0 Å². The number of ether oxygens (including phenoxy) is 1. The van der Waals surface area contributed by atoms with Gasteiger partial charge < -0.3 is 15.4 Å². The Morgan fingerprint density at radius 3 is 2.67 bits per heavy atom. The third-order valence-corrected chi connectivity index (χ3v) is 1.89. The molecule has 0 bridgehead atoms. The highest BCUT2D eigenvalue weighted by molar-refractivity contribution is 5.06. The molecule has 0 unspecified atom stereocenters. The van der Waals surface area contributed by atoms with Crippen molar-refractivity contribution in [3.63, 3.8) is 0 Å². The maximum atomic E-state index is 5.41. The van der Waals surface area contributed by atoms with E-state index in [4.69, 9.17) is 10.5 Å². The van der Waals surface area contributed by atoms with Crippen LogP contribution in [0.25, 0.3) is 0 Å². The van der Waals surface area contributed by atoms with Crippen LogP contribution in [0.15, 0.2) is 12.4 Å². The van der Waals surface area contributed by atoms with Gasteiger partial charge in [-0.1, -0.05) is 0 Å². The predicted octanol–water partition coefficient (Wildman–Crippen LogP) is 0.266. The van der Waals surface area contributed by atoms with Gasteiger partial charge >= 0.3 is 0 Å². The highest BCUT2D eigenvalue weighted by Crippen LogP contribution is 2.03. The van der Waals surface area contributed by atoms with E-state index >= 15 is 0 Å². The van der Waals surface area contributed by atoms with Crippen molar-refractivity contribution >= 4 is 0 Å². The first kappa shape index (κ1) is 11.9. The Morgan fingerprint density at radius 2 is 2.13 bits per heavy atom. The van der Waals surface area contributed by atoms with E-state index in [-0.39, 0.29) is 0 Å². The molecule has 84 valence electrons. The first-order chi connectivity index (χ1) is 7.22. The van der Waals surface area contributed by atoms with Crippen molar-refractivity contribution in [2.24, 2.45) is 5.73 Å². The van der Waals surface area contributed by atoms with Crippen LogP contribution < -0.4 is 10.5 Å². The molecule has 0 spiro atoms. The monoisotopic (exact) mass is 210 g/mol. The lowest BCUT2D eigenvalue weighted by molar-refractivity contribution is 0.272. The number of nitrogens with zero attached hydrogens (tertiary/aromatic N) is 3. The van der Waals surface area contributed by atoms with Crippen molar-refractivity contribution in [3.05, 3.63) is 18.1 Å². The molecule has 0 saturated carbocycles. The minimum Gasteiger partial charge on any atom is -0.477 e. The van der Waals surface area contributed by atoms with Crippen LogP contribution in [0.2, 0.25) is 0 Å². The summed E-state index contributed by atoms with van der Waals surface area (Å²) in [5, 5.41) is 0. The van der Waals surface area contributed by atoms with Gasteiger partial charge in [-0.05, 0) is 20.5 Å². The Labute approximate surface area is 90.3 Å². The molecule has 0 fully saturated rings. The van der Waals surface area contributed by atoms with E-state index in [1.54, 1.807) is 12.4 Å². The molecule has 0 aromatic carbocycles. The van der Waals surface area contributed by atoms with Crippen LogP contribution >= 0.6 is 0 Å². The zero-order valence-electron chi connectivity index (χ0n) is 9.31. The van der Waals surface area contributed by atoms with Crippen molar-refractivity contribution in [2.45, 2.75) is 13.0 Å². The van der Waals surface area contributed by atoms with Gasteiger partial charge in [-0.25, -0.2) is 4.98 Å². The molecule has 0 aliphatic carbocycles. The molecule has 0 atom stereocenters. The lowest BCUT2D eigenvalue weighted by Crippen LogP contribution is -2.15. The molecule has 2 N–H and O–H groups in total. The van der Waals surface area contributed by atoms with Gasteiger partial charge in [-0.3, -0.25) is 4.98 Å². The number of hydrogen-bond donors (Lipinski definition) is 1. The fourth-order valence-electron chi connectivity index (χ4n) is 1.08. The average molecular weight is 210 g/mol. The van der Waals surface area contributed by atoms with Crippen LogP contribution in [-0.2, 0) is 6.54 Å². The van der Waals surface area contributed by atoms with Gasteiger partial charge in [0.15, 0.2) is 0 Å². The van der Waals surface area contributed by atoms with Crippen LogP contribution in [-0.4, -0.2) is 42.1 Å². The third-order valence-electron chi connectivity index (χ3n) is 1.89. The van der Waals surface area contributed by atoms with E-state index in [0.29, 0.717) is 19.0 Å². The van der Waals surface area contributed by atoms with Crippen LogP contribution in [0, 0.1) is 0 Å². The Hall–Kier alpha value is -1.20. The summed E-state index contributed by atoms with van der Waals surface area (Å²) >= 11 is 0. The lowest BCUT2D eigenvalue weighted by Gasteiger charge is -2.09. The van der Waals surface area contributed by atoms with Crippen LogP contribution in [0.4, 0.5) is 0 Å². The Morgan fingerprint density at radius 1 is 1.33 bits per heavy atom.